The Kier molecular flexibility index (Phi) is 5.69. The highest BCUT2D eigenvalue weighted by atomic mass is 16.5. The highest BCUT2D eigenvalue weighted by Crippen LogP contribution is 2.21. The molecule has 3 rings (SSSR count). The number of carbonyl (C=O) groups excluding carboxylic acids is 2. The van der Waals surface area contributed by atoms with E-state index in [-0.39, 0.29) is 5.91 Å². The lowest BCUT2D eigenvalue weighted by atomic mass is 10.1. The Morgan fingerprint density at radius 2 is 1.75 bits per heavy atom. The van der Waals surface area contributed by atoms with Crippen molar-refractivity contribution in [2.45, 2.75) is 13.8 Å². The van der Waals surface area contributed by atoms with Gasteiger partial charge in [0.2, 0.25) is 0 Å². The minimum Gasteiger partial charge on any atom is -0.465 e. The zero-order valence-electron chi connectivity index (χ0n) is 15.9. The van der Waals surface area contributed by atoms with Crippen molar-refractivity contribution in [3.05, 3.63) is 83.0 Å². The molecule has 0 fully saturated rings. The van der Waals surface area contributed by atoms with Gasteiger partial charge in [0.05, 0.1) is 23.9 Å². The lowest BCUT2D eigenvalue weighted by Crippen LogP contribution is -2.13. The van der Waals surface area contributed by atoms with Crippen LogP contribution in [0.5, 0.6) is 0 Å². The van der Waals surface area contributed by atoms with Gasteiger partial charge in [0.15, 0.2) is 0 Å². The van der Waals surface area contributed by atoms with Crippen LogP contribution in [0, 0.1) is 13.8 Å². The summed E-state index contributed by atoms with van der Waals surface area (Å²) in [6.45, 7) is 3.92. The van der Waals surface area contributed by atoms with Crippen LogP contribution >= 0.6 is 0 Å². The van der Waals surface area contributed by atoms with E-state index in [0.717, 1.165) is 16.8 Å². The number of amides is 1. The molecule has 0 unspecified atom stereocenters. The molecule has 1 heterocycles. The molecule has 0 aliphatic carbocycles. The molecule has 6 nitrogen and oxygen atoms in total. The standard InChI is InChI=1S/C22H21N3O3/c1-14-8-9-15(2)19(12-14)25-21(26)16-10-11-20(23-13-16)24-18-7-5-4-6-17(18)22(27)28-3/h4-13H,1-3H3,(H,23,24)(H,25,26). The van der Waals surface area contributed by atoms with E-state index in [0.29, 0.717) is 22.6 Å². The van der Waals surface area contributed by atoms with E-state index in [1.807, 2.05) is 32.0 Å². The van der Waals surface area contributed by atoms with Gasteiger partial charge in [-0.25, -0.2) is 9.78 Å². The van der Waals surface area contributed by atoms with Crippen LogP contribution in [0.2, 0.25) is 0 Å². The number of methoxy groups -OCH3 is 1. The number of carbonyl (C=O) groups is 2. The number of benzene rings is 2. The lowest BCUT2D eigenvalue weighted by molar-refractivity contribution is 0.0601. The van der Waals surface area contributed by atoms with Gasteiger partial charge in [-0.15, -0.1) is 0 Å². The first-order valence-electron chi connectivity index (χ1n) is 8.77. The van der Waals surface area contributed by atoms with E-state index in [2.05, 4.69) is 15.6 Å². The lowest BCUT2D eigenvalue weighted by Gasteiger charge is -2.11. The number of nitrogens with zero attached hydrogens (tertiary/aromatic N) is 1. The van der Waals surface area contributed by atoms with Gasteiger partial charge in [0.1, 0.15) is 5.82 Å². The van der Waals surface area contributed by atoms with Crippen LogP contribution in [0.1, 0.15) is 31.8 Å². The Morgan fingerprint density at radius 3 is 2.46 bits per heavy atom. The number of aryl methyl sites for hydroxylation is 2. The average molecular weight is 375 g/mol. The van der Waals surface area contributed by atoms with Crippen LogP contribution < -0.4 is 10.6 Å². The number of para-hydroxylation sites is 1. The van der Waals surface area contributed by atoms with E-state index in [9.17, 15) is 9.59 Å². The summed E-state index contributed by atoms with van der Waals surface area (Å²) in [5.74, 6) is -0.157. The third-order valence-corrected chi connectivity index (χ3v) is 4.26. The molecule has 2 N–H and O–H groups in total. The summed E-state index contributed by atoms with van der Waals surface area (Å²) in [5.41, 5.74) is 4.26. The monoisotopic (exact) mass is 375 g/mol. The van der Waals surface area contributed by atoms with Crippen LogP contribution in [0.15, 0.2) is 60.8 Å². The fourth-order valence-electron chi connectivity index (χ4n) is 2.69. The number of hydrogen-bond donors (Lipinski definition) is 2. The van der Waals surface area contributed by atoms with Gasteiger partial charge in [-0.2, -0.15) is 0 Å². The Hall–Kier alpha value is -3.67. The summed E-state index contributed by atoms with van der Waals surface area (Å²) >= 11 is 0. The van der Waals surface area contributed by atoms with E-state index in [1.165, 1.54) is 13.3 Å². The Bertz CT molecular complexity index is 1010. The summed E-state index contributed by atoms with van der Waals surface area (Å²) in [5, 5.41) is 5.98. The molecule has 0 radical (unpaired) electrons. The summed E-state index contributed by atoms with van der Waals surface area (Å²) in [4.78, 5) is 28.6. The third kappa shape index (κ3) is 4.35. The number of ether oxygens (including phenoxy) is 1. The molecule has 3 aromatic rings. The maximum absolute atomic E-state index is 12.5. The largest absolute Gasteiger partial charge is 0.465 e. The molecular formula is C22H21N3O3. The molecule has 6 heteroatoms. The maximum atomic E-state index is 12.5. The molecule has 0 aliphatic rings. The Balaban J connectivity index is 1.74. The Labute approximate surface area is 163 Å². The number of pyridine rings is 1. The second-order valence-electron chi connectivity index (χ2n) is 6.37. The van der Waals surface area contributed by atoms with Crippen molar-refractivity contribution in [3.8, 4) is 0 Å². The van der Waals surface area contributed by atoms with Crippen LogP contribution in [-0.4, -0.2) is 24.0 Å². The SMILES string of the molecule is COC(=O)c1ccccc1Nc1ccc(C(=O)Nc2cc(C)ccc2C)cn1. The molecule has 0 aliphatic heterocycles. The number of nitrogens with one attached hydrogen (secondary N) is 2. The maximum Gasteiger partial charge on any atom is 0.339 e. The molecule has 0 saturated heterocycles. The highest BCUT2D eigenvalue weighted by Gasteiger charge is 2.12. The predicted octanol–water partition coefficient (Wildman–Crippen LogP) is 4.48. The second-order valence-corrected chi connectivity index (χ2v) is 6.37. The topological polar surface area (TPSA) is 80.3 Å². The van der Waals surface area contributed by atoms with E-state index >= 15 is 0 Å². The van der Waals surface area contributed by atoms with Crippen LogP contribution in [-0.2, 0) is 4.74 Å². The van der Waals surface area contributed by atoms with Crippen LogP contribution in [0.25, 0.3) is 0 Å². The van der Waals surface area contributed by atoms with Gasteiger partial charge in [-0.3, -0.25) is 4.79 Å². The summed E-state index contributed by atoms with van der Waals surface area (Å²) in [6, 6.07) is 16.2. The van der Waals surface area contributed by atoms with Gasteiger partial charge in [0.25, 0.3) is 5.91 Å². The predicted molar refractivity (Wildman–Crippen MR) is 109 cm³/mol. The quantitative estimate of drug-likeness (QED) is 0.643. The summed E-state index contributed by atoms with van der Waals surface area (Å²) in [6.07, 6.45) is 1.49. The average Bonchev–Trinajstić information content (AvgIpc) is 2.71. The van der Waals surface area contributed by atoms with E-state index in [1.54, 1.807) is 36.4 Å². The fraction of sp³-hybridized carbons (Fsp3) is 0.136. The molecule has 0 atom stereocenters. The molecule has 2 aromatic carbocycles. The van der Waals surface area contributed by atoms with Crippen molar-refractivity contribution in [2.75, 3.05) is 17.7 Å². The smallest absolute Gasteiger partial charge is 0.339 e. The molecule has 0 saturated carbocycles. The molecule has 0 spiro atoms. The molecule has 28 heavy (non-hydrogen) atoms. The van der Waals surface area contributed by atoms with Crippen LogP contribution in [0.4, 0.5) is 17.2 Å². The van der Waals surface area contributed by atoms with E-state index in [4.69, 9.17) is 4.74 Å². The zero-order valence-corrected chi connectivity index (χ0v) is 15.9. The van der Waals surface area contributed by atoms with Crippen molar-refractivity contribution in [1.29, 1.82) is 0 Å². The first-order valence-corrected chi connectivity index (χ1v) is 8.77. The zero-order chi connectivity index (χ0) is 20.1. The molecule has 0 bridgehead atoms. The number of anilines is 3. The normalized spacial score (nSPS) is 10.2. The molecular weight excluding hydrogens is 354 g/mol. The van der Waals surface area contributed by atoms with Crippen molar-refractivity contribution in [3.63, 3.8) is 0 Å². The van der Waals surface area contributed by atoms with Crippen molar-refractivity contribution < 1.29 is 14.3 Å². The summed E-state index contributed by atoms with van der Waals surface area (Å²) in [7, 11) is 1.33. The number of esters is 1. The van der Waals surface area contributed by atoms with Crippen molar-refractivity contribution >= 4 is 29.1 Å². The minimum atomic E-state index is -0.437. The van der Waals surface area contributed by atoms with E-state index < -0.39 is 5.97 Å². The Morgan fingerprint density at radius 1 is 0.964 bits per heavy atom. The van der Waals surface area contributed by atoms with Gasteiger partial charge in [-0.1, -0.05) is 24.3 Å². The van der Waals surface area contributed by atoms with Gasteiger partial charge in [0, 0.05) is 11.9 Å². The number of aromatic nitrogens is 1. The number of rotatable bonds is 5. The van der Waals surface area contributed by atoms with Crippen molar-refractivity contribution in [2.24, 2.45) is 0 Å². The highest BCUT2D eigenvalue weighted by molar-refractivity contribution is 6.04. The molecule has 142 valence electrons. The van der Waals surface area contributed by atoms with Gasteiger partial charge >= 0.3 is 5.97 Å². The molecule has 1 aromatic heterocycles. The number of hydrogen-bond acceptors (Lipinski definition) is 5. The van der Waals surface area contributed by atoms with Gasteiger partial charge < -0.3 is 15.4 Å². The first-order chi connectivity index (χ1) is 13.5. The minimum absolute atomic E-state index is 0.234. The van der Waals surface area contributed by atoms with Gasteiger partial charge in [-0.05, 0) is 55.3 Å². The second kappa shape index (κ2) is 8.35. The first kappa shape index (κ1) is 19.1. The summed E-state index contributed by atoms with van der Waals surface area (Å²) < 4.78 is 4.79. The van der Waals surface area contributed by atoms with Crippen LogP contribution in [0.3, 0.4) is 0 Å². The third-order valence-electron chi connectivity index (χ3n) is 4.26. The van der Waals surface area contributed by atoms with Crippen molar-refractivity contribution in [1.82, 2.24) is 4.98 Å². The molecule has 1 amide bonds. The fourth-order valence-corrected chi connectivity index (χ4v) is 2.69.